The number of ether oxygens (including phenoxy) is 1. The first-order valence-corrected chi connectivity index (χ1v) is 7.14. The van der Waals surface area contributed by atoms with E-state index in [-0.39, 0.29) is 5.97 Å². The topological polar surface area (TPSA) is 42.4 Å². The number of methoxy groups -OCH3 is 1. The van der Waals surface area contributed by atoms with Gasteiger partial charge < -0.3 is 9.64 Å². The molecule has 0 spiro atoms. The Balaban J connectivity index is 1.80. The van der Waals surface area contributed by atoms with Crippen molar-refractivity contribution in [3.05, 3.63) is 48.2 Å². The van der Waals surface area contributed by atoms with Gasteiger partial charge >= 0.3 is 5.97 Å². The second-order valence-electron chi connectivity index (χ2n) is 5.16. The Morgan fingerprint density at radius 3 is 2.76 bits per heavy atom. The monoisotopic (exact) mass is 282 g/mol. The lowest BCUT2D eigenvalue weighted by atomic mass is 10.0. The normalized spacial score (nSPS) is 15.1. The molecule has 0 amide bonds. The van der Waals surface area contributed by atoms with Gasteiger partial charge in [0.05, 0.1) is 12.6 Å². The van der Waals surface area contributed by atoms with E-state index in [0.717, 1.165) is 37.0 Å². The second-order valence-corrected chi connectivity index (χ2v) is 5.16. The van der Waals surface area contributed by atoms with Crippen LogP contribution < -0.4 is 4.90 Å². The predicted octanol–water partition coefficient (Wildman–Crippen LogP) is 2.93. The quantitative estimate of drug-likeness (QED) is 0.627. The number of nitrogens with zero attached hydrogens (tertiary/aromatic N) is 2. The molecular formula is C17H18N2O2. The molecule has 4 heteroatoms. The minimum absolute atomic E-state index is 0.257. The van der Waals surface area contributed by atoms with Gasteiger partial charge in [-0.2, -0.15) is 0 Å². The van der Waals surface area contributed by atoms with E-state index in [9.17, 15) is 4.79 Å². The molecule has 0 aliphatic carbocycles. The summed E-state index contributed by atoms with van der Waals surface area (Å²) in [4.78, 5) is 18.0. The first-order valence-electron chi connectivity index (χ1n) is 7.14. The van der Waals surface area contributed by atoms with E-state index in [0.29, 0.717) is 0 Å². The molecular weight excluding hydrogens is 264 g/mol. The molecule has 108 valence electrons. The molecule has 0 N–H and O–H groups in total. The molecule has 1 fully saturated rings. The first-order chi connectivity index (χ1) is 10.3. The highest BCUT2D eigenvalue weighted by atomic mass is 16.5. The molecule has 2 aromatic rings. The lowest BCUT2D eigenvalue weighted by molar-refractivity contribution is -0.134. The molecule has 0 bridgehead atoms. The molecule has 21 heavy (non-hydrogen) atoms. The van der Waals surface area contributed by atoms with Gasteiger partial charge in [-0.25, -0.2) is 4.79 Å². The number of rotatable bonds is 2. The van der Waals surface area contributed by atoms with Crippen molar-refractivity contribution in [3.8, 4) is 0 Å². The maximum absolute atomic E-state index is 11.3. The molecule has 0 saturated carbocycles. The summed E-state index contributed by atoms with van der Waals surface area (Å²) in [6.07, 6.45) is 5.27. The van der Waals surface area contributed by atoms with Crippen LogP contribution in [-0.2, 0) is 9.53 Å². The van der Waals surface area contributed by atoms with Crippen molar-refractivity contribution >= 4 is 22.6 Å². The average molecular weight is 282 g/mol. The highest BCUT2D eigenvalue weighted by molar-refractivity contribution is 5.91. The zero-order valence-electron chi connectivity index (χ0n) is 12.1. The third kappa shape index (κ3) is 2.89. The fourth-order valence-corrected chi connectivity index (χ4v) is 2.76. The fourth-order valence-electron chi connectivity index (χ4n) is 2.76. The number of esters is 1. The van der Waals surface area contributed by atoms with Gasteiger partial charge in [-0.3, -0.25) is 4.98 Å². The van der Waals surface area contributed by atoms with Crippen LogP contribution in [0.1, 0.15) is 12.8 Å². The third-order valence-electron chi connectivity index (χ3n) is 3.90. The van der Waals surface area contributed by atoms with Crippen LogP contribution >= 0.6 is 0 Å². The molecule has 1 saturated heterocycles. The van der Waals surface area contributed by atoms with Crippen LogP contribution in [0.15, 0.2) is 48.2 Å². The van der Waals surface area contributed by atoms with Gasteiger partial charge in [0.25, 0.3) is 0 Å². The molecule has 1 aromatic carbocycles. The number of aromatic nitrogens is 1. The van der Waals surface area contributed by atoms with Crippen molar-refractivity contribution < 1.29 is 9.53 Å². The Labute approximate surface area is 124 Å². The zero-order chi connectivity index (χ0) is 14.7. The van der Waals surface area contributed by atoms with E-state index < -0.39 is 0 Å². The minimum atomic E-state index is -0.257. The van der Waals surface area contributed by atoms with Crippen LogP contribution in [0, 0.1) is 0 Å². The Morgan fingerprint density at radius 2 is 2.00 bits per heavy atom. The van der Waals surface area contributed by atoms with Gasteiger partial charge in [0.15, 0.2) is 0 Å². The molecule has 1 aliphatic heterocycles. The summed E-state index contributed by atoms with van der Waals surface area (Å²) in [7, 11) is 1.41. The van der Waals surface area contributed by atoms with Crippen LogP contribution in [0.4, 0.5) is 5.69 Å². The zero-order valence-corrected chi connectivity index (χ0v) is 12.1. The van der Waals surface area contributed by atoms with E-state index in [1.165, 1.54) is 18.2 Å². The van der Waals surface area contributed by atoms with Gasteiger partial charge in [0.1, 0.15) is 0 Å². The van der Waals surface area contributed by atoms with Gasteiger partial charge in [0, 0.05) is 36.4 Å². The molecule has 4 nitrogen and oxygen atoms in total. The van der Waals surface area contributed by atoms with Crippen molar-refractivity contribution in [1.29, 1.82) is 0 Å². The Bertz CT molecular complexity index is 679. The number of carbonyl (C=O) groups is 1. The van der Waals surface area contributed by atoms with Crippen LogP contribution in [-0.4, -0.2) is 31.2 Å². The van der Waals surface area contributed by atoms with Crippen LogP contribution in [0.2, 0.25) is 0 Å². The number of hydrogen-bond acceptors (Lipinski definition) is 4. The van der Waals surface area contributed by atoms with Crippen molar-refractivity contribution in [2.45, 2.75) is 12.8 Å². The standard InChI is InChI=1S/C17H18N2O2/c1-21-17(20)12-13-7-10-19(11-8-13)16-6-9-18-15-5-3-2-4-14(15)16/h2-6,9,12H,7-8,10-11H2,1H3. The summed E-state index contributed by atoms with van der Waals surface area (Å²) in [5.41, 5.74) is 3.40. The van der Waals surface area contributed by atoms with Crippen LogP contribution in [0.5, 0.6) is 0 Å². The number of anilines is 1. The Hall–Kier alpha value is -2.36. The molecule has 0 radical (unpaired) electrons. The molecule has 1 aliphatic rings. The van der Waals surface area contributed by atoms with Gasteiger partial charge in [-0.1, -0.05) is 23.8 Å². The third-order valence-corrected chi connectivity index (χ3v) is 3.90. The van der Waals surface area contributed by atoms with E-state index in [4.69, 9.17) is 0 Å². The Morgan fingerprint density at radius 1 is 1.24 bits per heavy atom. The number of pyridine rings is 1. The summed E-state index contributed by atoms with van der Waals surface area (Å²) in [6.45, 7) is 1.83. The van der Waals surface area contributed by atoms with Crippen LogP contribution in [0.25, 0.3) is 10.9 Å². The number of fused-ring (bicyclic) bond motifs is 1. The smallest absolute Gasteiger partial charge is 0.330 e. The summed E-state index contributed by atoms with van der Waals surface area (Å²) in [6, 6.07) is 10.3. The molecule has 1 aromatic heterocycles. The van der Waals surface area contributed by atoms with Gasteiger partial charge in [0.2, 0.25) is 0 Å². The van der Waals surface area contributed by atoms with Crippen LogP contribution in [0.3, 0.4) is 0 Å². The van der Waals surface area contributed by atoms with Gasteiger partial charge in [-0.15, -0.1) is 0 Å². The van der Waals surface area contributed by atoms with Crippen molar-refractivity contribution in [2.75, 3.05) is 25.1 Å². The minimum Gasteiger partial charge on any atom is -0.466 e. The van der Waals surface area contributed by atoms with Crippen molar-refractivity contribution in [1.82, 2.24) is 4.98 Å². The number of piperidine rings is 1. The SMILES string of the molecule is COC(=O)C=C1CCN(c2ccnc3ccccc23)CC1. The number of hydrogen-bond donors (Lipinski definition) is 0. The first kappa shape index (κ1) is 13.6. The second kappa shape index (κ2) is 5.95. The molecule has 0 atom stereocenters. The van der Waals surface area contributed by atoms with Gasteiger partial charge in [-0.05, 0) is 25.0 Å². The maximum Gasteiger partial charge on any atom is 0.330 e. The Kier molecular flexibility index (Phi) is 3.86. The summed E-state index contributed by atoms with van der Waals surface area (Å²) >= 11 is 0. The van der Waals surface area contributed by atoms with Crippen molar-refractivity contribution in [3.63, 3.8) is 0 Å². The lowest BCUT2D eigenvalue weighted by Gasteiger charge is -2.31. The summed E-state index contributed by atoms with van der Waals surface area (Å²) < 4.78 is 4.68. The number of carbonyl (C=O) groups excluding carboxylic acids is 1. The maximum atomic E-state index is 11.3. The fraction of sp³-hybridized carbons (Fsp3) is 0.294. The molecule has 0 unspecified atom stereocenters. The summed E-state index contributed by atoms with van der Waals surface area (Å²) in [5.74, 6) is -0.257. The van der Waals surface area contributed by atoms with E-state index in [1.54, 1.807) is 6.08 Å². The average Bonchev–Trinajstić information content (AvgIpc) is 2.55. The number of benzene rings is 1. The highest BCUT2D eigenvalue weighted by Gasteiger charge is 2.17. The molecule has 3 rings (SSSR count). The van der Waals surface area contributed by atoms with E-state index >= 15 is 0 Å². The summed E-state index contributed by atoms with van der Waals surface area (Å²) in [5, 5.41) is 1.18. The van der Waals surface area contributed by atoms with Crippen molar-refractivity contribution in [2.24, 2.45) is 0 Å². The molecule has 2 heterocycles. The number of para-hydroxylation sites is 1. The largest absolute Gasteiger partial charge is 0.466 e. The predicted molar refractivity (Wildman–Crippen MR) is 83.3 cm³/mol. The highest BCUT2D eigenvalue weighted by Crippen LogP contribution is 2.28. The lowest BCUT2D eigenvalue weighted by Crippen LogP contribution is -2.31. The van der Waals surface area contributed by atoms with E-state index in [1.807, 2.05) is 24.4 Å². The van der Waals surface area contributed by atoms with E-state index in [2.05, 4.69) is 26.8 Å².